The van der Waals surface area contributed by atoms with Crippen LogP contribution >= 0.6 is 0 Å². The first-order valence-electron chi connectivity index (χ1n) is 20.2. The Hall–Kier alpha value is -7.18. The number of alkyl carbamates (subject to hydrolysis) is 1. The van der Waals surface area contributed by atoms with Crippen LogP contribution in [-0.2, 0) is 19.1 Å². The van der Waals surface area contributed by atoms with E-state index in [9.17, 15) is 24.3 Å². The number of aromatic nitrogens is 4. The Morgan fingerprint density at radius 1 is 0.820 bits per heavy atom. The molecule has 8 rings (SSSR count). The number of ether oxygens (including phenoxy) is 2. The largest absolute Gasteiger partial charge is 0.465 e. The van der Waals surface area contributed by atoms with Crippen LogP contribution in [0.2, 0.25) is 0 Å². The summed E-state index contributed by atoms with van der Waals surface area (Å²) >= 11 is 0. The fourth-order valence-electron chi connectivity index (χ4n) is 8.33. The van der Waals surface area contributed by atoms with Crippen molar-refractivity contribution in [2.45, 2.75) is 62.9 Å². The molecular formula is C46H46N8O7. The molecule has 2 aliphatic heterocycles. The SMILES string of the molecule is COC(=O)N[C@H](C(=O)N1CCC[C@H]1c1nc2ccc3cc(C#Cc4ccc(-c5cnc([C@@H]6CCCN6C(=O)[C@H](NC(=O)O)c6ccccc6)[nH]5)cc4)ccc3c2[nH]1)[C@@H](C)OC. The van der Waals surface area contributed by atoms with Gasteiger partial charge in [-0.1, -0.05) is 66.4 Å². The molecule has 312 valence electrons. The molecule has 15 heteroatoms. The Labute approximate surface area is 351 Å². The number of hydrogen-bond donors (Lipinski definition) is 5. The Kier molecular flexibility index (Phi) is 11.7. The third kappa shape index (κ3) is 8.48. The summed E-state index contributed by atoms with van der Waals surface area (Å²) in [5.41, 5.74) is 5.64. The van der Waals surface area contributed by atoms with Crippen LogP contribution in [-0.4, -0.2) is 98.3 Å². The molecular weight excluding hydrogens is 777 g/mol. The Bertz CT molecular complexity index is 2650. The molecule has 4 heterocycles. The van der Waals surface area contributed by atoms with Crippen molar-refractivity contribution >= 4 is 45.8 Å². The molecule has 0 saturated carbocycles. The molecule has 5 N–H and O–H groups in total. The molecule has 5 atom stereocenters. The summed E-state index contributed by atoms with van der Waals surface area (Å²) < 4.78 is 10.2. The standard InChI is InChI=1S/C46H46N8O7/c1-27(60-2)38(52-46(59)61-3)43(55)54-24-8-12-37(54)42-48-34-22-20-32-25-29(17-21-33(32)40(34)50-42)14-13-28-15-18-30(19-16-28)35-26-47-41(49-35)36-11-7-23-53(36)44(56)39(51-45(57)58)31-9-5-4-6-10-31/h4-6,9-10,15-22,25-27,36-39,51H,7-8,11-12,23-24H2,1-3H3,(H,47,49)(H,48,50)(H,52,59)(H,57,58)/t27-,36+,37+,38+,39-/m1/s1. The lowest BCUT2D eigenvalue weighted by molar-refractivity contribution is -0.137. The van der Waals surface area contributed by atoms with Crippen molar-refractivity contribution in [2.24, 2.45) is 0 Å². The smallest absolute Gasteiger partial charge is 0.407 e. The Balaban J connectivity index is 0.952. The first-order valence-corrected chi connectivity index (χ1v) is 20.2. The number of nitrogens with one attached hydrogen (secondary N) is 4. The number of imidazole rings is 2. The van der Waals surface area contributed by atoms with E-state index in [4.69, 9.17) is 14.5 Å². The van der Waals surface area contributed by atoms with Gasteiger partial charge in [0.2, 0.25) is 5.91 Å². The predicted octanol–water partition coefficient (Wildman–Crippen LogP) is 6.60. The number of amides is 4. The van der Waals surface area contributed by atoms with Crippen LogP contribution in [0.5, 0.6) is 0 Å². The van der Waals surface area contributed by atoms with Gasteiger partial charge in [-0.2, -0.15) is 0 Å². The molecule has 0 radical (unpaired) electrons. The van der Waals surface area contributed by atoms with Crippen LogP contribution in [0, 0.1) is 11.8 Å². The van der Waals surface area contributed by atoms with Crippen LogP contribution in [0.1, 0.15) is 79.1 Å². The van der Waals surface area contributed by atoms with Crippen molar-refractivity contribution in [1.29, 1.82) is 0 Å². The quantitative estimate of drug-likeness (QED) is 0.0947. The number of rotatable bonds is 10. The average molecular weight is 823 g/mol. The van der Waals surface area contributed by atoms with Gasteiger partial charge in [-0.3, -0.25) is 9.59 Å². The fraction of sp³-hybridized carbons (Fsp3) is 0.304. The molecule has 0 unspecified atom stereocenters. The first-order chi connectivity index (χ1) is 29.6. The number of fused-ring (bicyclic) bond motifs is 3. The van der Waals surface area contributed by atoms with Crippen molar-refractivity contribution in [1.82, 2.24) is 40.4 Å². The lowest BCUT2D eigenvalue weighted by Gasteiger charge is -2.30. The third-order valence-corrected chi connectivity index (χ3v) is 11.6. The molecule has 2 fully saturated rings. The number of benzene rings is 4. The van der Waals surface area contributed by atoms with Crippen molar-refractivity contribution < 1.29 is 33.8 Å². The number of aromatic amines is 2. The lowest BCUT2D eigenvalue weighted by atomic mass is 10.0. The van der Waals surface area contributed by atoms with E-state index in [-0.39, 0.29) is 23.9 Å². The summed E-state index contributed by atoms with van der Waals surface area (Å²) in [5, 5.41) is 16.5. The molecule has 2 aliphatic rings. The average Bonchev–Trinajstić information content (AvgIpc) is 4.13. The van der Waals surface area contributed by atoms with Crippen LogP contribution in [0.3, 0.4) is 0 Å². The van der Waals surface area contributed by atoms with Gasteiger partial charge >= 0.3 is 12.2 Å². The molecule has 6 aromatic rings. The molecule has 0 aliphatic carbocycles. The molecule has 61 heavy (non-hydrogen) atoms. The van der Waals surface area contributed by atoms with Crippen LogP contribution in [0.15, 0.2) is 91.1 Å². The minimum absolute atomic E-state index is 0.256. The highest BCUT2D eigenvalue weighted by molar-refractivity contribution is 6.04. The molecule has 0 spiro atoms. The van der Waals surface area contributed by atoms with Crippen molar-refractivity contribution in [3.8, 4) is 23.1 Å². The van der Waals surface area contributed by atoms with E-state index in [1.165, 1.54) is 14.2 Å². The summed E-state index contributed by atoms with van der Waals surface area (Å²) in [4.78, 5) is 71.0. The number of likely N-dealkylation sites (tertiary alicyclic amines) is 2. The lowest BCUT2D eigenvalue weighted by Crippen LogP contribution is -2.54. The summed E-state index contributed by atoms with van der Waals surface area (Å²) in [6.07, 6.45) is 2.23. The van der Waals surface area contributed by atoms with Crippen molar-refractivity contribution in [2.75, 3.05) is 27.3 Å². The second-order valence-electron chi connectivity index (χ2n) is 15.3. The van der Waals surface area contributed by atoms with Gasteiger partial charge in [0.1, 0.15) is 23.7 Å². The van der Waals surface area contributed by atoms with Gasteiger partial charge in [0.15, 0.2) is 0 Å². The normalized spacial score (nSPS) is 17.7. The van der Waals surface area contributed by atoms with E-state index in [0.29, 0.717) is 36.7 Å². The number of methoxy groups -OCH3 is 2. The van der Waals surface area contributed by atoms with Crippen molar-refractivity contribution in [3.63, 3.8) is 0 Å². The summed E-state index contributed by atoms with van der Waals surface area (Å²) in [5.74, 6) is 7.33. The Morgan fingerprint density at radius 2 is 1.51 bits per heavy atom. The Morgan fingerprint density at radius 3 is 2.21 bits per heavy atom. The monoisotopic (exact) mass is 822 g/mol. The van der Waals surface area contributed by atoms with Crippen LogP contribution in [0.25, 0.3) is 33.1 Å². The number of carbonyl (C=O) groups is 4. The zero-order valence-corrected chi connectivity index (χ0v) is 34.0. The summed E-state index contributed by atoms with van der Waals surface area (Å²) in [7, 11) is 2.75. The van der Waals surface area contributed by atoms with E-state index in [1.54, 1.807) is 47.2 Å². The number of carboxylic acid groups (broad SMARTS) is 1. The molecule has 15 nitrogen and oxygen atoms in total. The van der Waals surface area contributed by atoms with E-state index in [1.807, 2.05) is 60.7 Å². The van der Waals surface area contributed by atoms with Gasteiger partial charge < -0.3 is 45.0 Å². The molecule has 2 aromatic heterocycles. The molecule has 4 amide bonds. The maximum absolute atomic E-state index is 13.7. The van der Waals surface area contributed by atoms with E-state index < -0.39 is 30.4 Å². The number of hydrogen-bond acceptors (Lipinski definition) is 8. The topological polar surface area (TPSA) is 195 Å². The summed E-state index contributed by atoms with van der Waals surface area (Å²) in [6, 6.07) is 24.2. The number of nitrogens with zero attached hydrogens (tertiary/aromatic N) is 4. The van der Waals surface area contributed by atoms with E-state index >= 15 is 0 Å². The number of H-pyrrole nitrogens is 2. The van der Waals surface area contributed by atoms with Gasteiger partial charge in [0, 0.05) is 36.7 Å². The van der Waals surface area contributed by atoms with Crippen LogP contribution in [0.4, 0.5) is 9.59 Å². The molecule has 4 aromatic carbocycles. The van der Waals surface area contributed by atoms with E-state index in [2.05, 4.69) is 37.4 Å². The van der Waals surface area contributed by atoms with E-state index in [0.717, 1.165) is 63.5 Å². The fourth-order valence-corrected chi connectivity index (χ4v) is 8.33. The minimum atomic E-state index is -1.26. The van der Waals surface area contributed by atoms with Gasteiger partial charge in [0.05, 0.1) is 48.2 Å². The first kappa shape index (κ1) is 40.6. The second-order valence-corrected chi connectivity index (χ2v) is 15.3. The highest BCUT2D eigenvalue weighted by Crippen LogP contribution is 2.36. The number of carbonyl (C=O) groups excluding carboxylic acids is 3. The maximum Gasteiger partial charge on any atom is 0.407 e. The third-order valence-electron chi connectivity index (χ3n) is 11.6. The van der Waals surface area contributed by atoms with Crippen LogP contribution < -0.4 is 10.6 Å². The zero-order chi connectivity index (χ0) is 42.6. The van der Waals surface area contributed by atoms with Gasteiger partial charge in [0.25, 0.3) is 5.91 Å². The van der Waals surface area contributed by atoms with Gasteiger partial charge in [-0.25, -0.2) is 19.6 Å². The highest BCUT2D eigenvalue weighted by atomic mass is 16.5. The predicted molar refractivity (Wildman–Crippen MR) is 227 cm³/mol. The highest BCUT2D eigenvalue weighted by Gasteiger charge is 2.39. The zero-order valence-electron chi connectivity index (χ0n) is 34.0. The van der Waals surface area contributed by atoms with Gasteiger partial charge in [-0.05, 0) is 79.5 Å². The minimum Gasteiger partial charge on any atom is -0.465 e. The summed E-state index contributed by atoms with van der Waals surface area (Å²) in [6.45, 7) is 2.76. The van der Waals surface area contributed by atoms with Crippen molar-refractivity contribution in [3.05, 3.63) is 119 Å². The molecule has 0 bridgehead atoms. The molecule has 2 saturated heterocycles. The van der Waals surface area contributed by atoms with Gasteiger partial charge in [-0.15, -0.1) is 0 Å². The maximum atomic E-state index is 13.7. The second kappa shape index (κ2) is 17.6.